The summed E-state index contributed by atoms with van der Waals surface area (Å²) in [7, 11) is 0. The maximum absolute atomic E-state index is 12.7. The van der Waals surface area contributed by atoms with Gasteiger partial charge in [-0.25, -0.2) is 0 Å². The van der Waals surface area contributed by atoms with Crippen LogP contribution in [0.2, 0.25) is 0 Å². The molecule has 2 aliphatic heterocycles. The van der Waals surface area contributed by atoms with E-state index in [-0.39, 0.29) is 18.1 Å². The Balaban J connectivity index is 1.67. The van der Waals surface area contributed by atoms with Crippen molar-refractivity contribution >= 4 is 5.91 Å². The summed E-state index contributed by atoms with van der Waals surface area (Å²) >= 11 is 0. The van der Waals surface area contributed by atoms with Crippen LogP contribution in [0.1, 0.15) is 38.3 Å². The van der Waals surface area contributed by atoms with Crippen LogP contribution in [0, 0.1) is 0 Å². The van der Waals surface area contributed by atoms with Gasteiger partial charge in [0.2, 0.25) is 5.91 Å². The van der Waals surface area contributed by atoms with Crippen molar-refractivity contribution in [1.29, 1.82) is 0 Å². The molecule has 1 N–H and O–H groups in total. The molecule has 3 rings (SSSR count). The van der Waals surface area contributed by atoms with Crippen LogP contribution in [0.3, 0.4) is 0 Å². The van der Waals surface area contributed by atoms with Crippen molar-refractivity contribution in [1.82, 2.24) is 15.1 Å². The summed E-state index contributed by atoms with van der Waals surface area (Å²) in [6, 6.07) is 10.3. The van der Waals surface area contributed by atoms with E-state index in [9.17, 15) is 4.79 Å². The normalized spacial score (nSPS) is 28.3. The van der Waals surface area contributed by atoms with Crippen LogP contribution in [0.4, 0.5) is 0 Å². The van der Waals surface area contributed by atoms with Crippen molar-refractivity contribution in [3.63, 3.8) is 0 Å². The van der Waals surface area contributed by atoms with Crippen molar-refractivity contribution < 1.29 is 4.79 Å². The molecule has 0 aliphatic carbocycles. The first-order valence-corrected chi connectivity index (χ1v) is 8.02. The molecule has 2 heterocycles. The van der Waals surface area contributed by atoms with Crippen LogP contribution in [0.15, 0.2) is 30.3 Å². The lowest BCUT2D eigenvalue weighted by molar-refractivity contribution is -0.130. The van der Waals surface area contributed by atoms with E-state index >= 15 is 0 Å². The predicted octanol–water partition coefficient (Wildman–Crippen LogP) is 1.99. The SMILES string of the molecule is CC(CN1C(=O)C(c2ccccc2)NC1C)N1CCCC1. The minimum Gasteiger partial charge on any atom is -0.324 e. The molecule has 114 valence electrons. The van der Waals surface area contributed by atoms with E-state index in [0.29, 0.717) is 6.04 Å². The van der Waals surface area contributed by atoms with Crippen molar-refractivity contribution in [2.24, 2.45) is 0 Å². The summed E-state index contributed by atoms with van der Waals surface area (Å²) in [5, 5.41) is 3.42. The highest BCUT2D eigenvalue weighted by molar-refractivity contribution is 5.85. The van der Waals surface area contributed by atoms with Gasteiger partial charge in [0.1, 0.15) is 6.04 Å². The maximum Gasteiger partial charge on any atom is 0.245 e. The molecule has 2 fully saturated rings. The summed E-state index contributed by atoms with van der Waals surface area (Å²) in [4.78, 5) is 17.2. The molecule has 0 spiro atoms. The molecule has 2 aliphatic rings. The molecule has 0 aromatic heterocycles. The van der Waals surface area contributed by atoms with Gasteiger partial charge in [-0.3, -0.25) is 15.0 Å². The second-order valence-electron chi connectivity index (χ2n) is 6.27. The Labute approximate surface area is 127 Å². The van der Waals surface area contributed by atoms with Crippen LogP contribution in [-0.2, 0) is 4.79 Å². The average Bonchev–Trinajstić information content (AvgIpc) is 3.12. The number of amides is 1. The smallest absolute Gasteiger partial charge is 0.245 e. The number of carbonyl (C=O) groups excluding carboxylic acids is 1. The number of rotatable bonds is 4. The Hall–Kier alpha value is -1.39. The van der Waals surface area contributed by atoms with E-state index in [4.69, 9.17) is 0 Å². The van der Waals surface area contributed by atoms with Crippen molar-refractivity contribution in [2.45, 2.75) is 44.9 Å². The van der Waals surface area contributed by atoms with E-state index in [1.165, 1.54) is 25.9 Å². The molecule has 1 aromatic carbocycles. The van der Waals surface area contributed by atoms with Crippen LogP contribution in [0.5, 0.6) is 0 Å². The third-order valence-corrected chi connectivity index (χ3v) is 4.76. The minimum atomic E-state index is -0.188. The van der Waals surface area contributed by atoms with Gasteiger partial charge in [-0.05, 0) is 45.3 Å². The molecule has 4 heteroatoms. The zero-order valence-electron chi connectivity index (χ0n) is 13.0. The van der Waals surface area contributed by atoms with Gasteiger partial charge < -0.3 is 4.90 Å². The number of benzene rings is 1. The molecule has 3 atom stereocenters. The van der Waals surface area contributed by atoms with Crippen LogP contribution in [0.25, 0.3) is 0 Å². The second-order valence-corrected chi connectivity index (χ2v) is 6.27. The third kappa shape index (κ3) is 2.97. The fourth-order valence-electron chi connectivity index (χ4n) is 3.47. The number of likely N-dealkylation sites (tertiary alicyclic amines) is 1. The average molecular weight is 287 g/mol. The molecule has 21 heavy (non-hydrogen) atoms. The molecule has 1 amide bonds. The van der Waals surface area contributed by atoms with Gasteiger partial charge in [0.15, 0.2) is 0 Å². The van der Waals surface area contributed by atoms with Gasteiger partial charge in [0.05, 0.1) is 6.17 Å². The third-order valence-electron chi connectivity index (χ3n) is 4.76. The second kappa shape index (κ2) is 6.16. The summed E-state index contributed by atoms with van der Waals surface area (Å²) in [6.45, 7) is 7.48. The highest BCUT2D eigenvalue weighted by Gasteiger charge is 2.38. The Bertz CT molecular complexity index is 484. The maximum atomic E-state index is 12.7. The molecule has 4 nitrogen and oxygen atoms in total. The van der Waals surface area contributed by atoms with Gasteiger partial charge in [-0.1, -0.05) is 30.3 Å². The largest absolute Gasteiger partial charge is 0.324 e. The number of nitrogens with zero attached hydrogens (tertiary/aromatic N) is 2. The lowest BCUT2D eigenvalue weighted by Crippen LogP contribution is -2.45. The van der Waals surface area contributed by atoms with Crippen LogP contribution >= 0.6 is 0 Å². The molecule has 2 saturated heterocycles. The highest BCUT2D eigenvalue weighted by Crippen LogP contribution is 2.25. The fraction of sp³-hybridized carbons (Fsp3) is 0.588. The van der Waals surface area contributed by atoms with Gasteiger partial charge in [0.25, 0.3) is 0 Å². The molecule has 0 radical (unpaired) electrons. The quantitative estimate of drug-likeness (QED) is 0.920. The van der Waals surface area contributed by atoms with Crippen molar-refractivity contribution in [3.05, 3.63) is 35.9 Å². The van der Waals surface area contributed by atoms with E-state index < -0.39 is 0 Å². The van der Waals surface area contributed by atoms with Crippen molar-refractivity contribution in [2.75, 3.05) is 19.6 Å². The number of carbonyl (C=O) groups is 1. The number of nitrogens with one attached hydrogen (secondary N) is 1. The minimum absolute atomic E-state index is 0.104. The number of hydrogen-bond acceptors (Lipinski definition) is 3. The molecular formula is C17H25N3O. The molecule has 3 unspecified atom stereocenters. The first-order chi connectivity index (χ1) is 10.2. The molecule has 0 bridgehead atoms. The lowest BCUT2D eigenvalue weighted by Gasteiger charge is -2.30. The fourth-order valence-corrected chi connectivity index (χ4v) is 3.47. The summed E-state index contributed by atoms with van der Waals surface area (Å²) in [5.74, 6) is 0.208. The first kappa shape index (κ1) is 14.5. The summed E-state index contributed by atoms with van der Waals surface area (Å²) in [5.41, 5.74) is 1.06. The summed E-state index contributed by atoms with van der Waals surface area (Å²) in [6.07, 6.45) is 2.69. The monoisotopic (exact) mass is 287 g/mol. The van der Waals surface area contributed by atoms with Gasteiger partial charge >= 0.3 is 0 Å². The Kier molecular flexibility index (Phi) is 4.27. The van der Waals surface area contributed by atoms with Crippen LogP contribution < -0.4 is 5.32 Å². The van der Waals surface area contributed by atoms with E-state index in [1.54, 1.807) is 0 Å². The first-order valence-electron chi connectivity index (χ1n) is 8.02. The van der Waals surface area contributed by atoms with Gasteiger partial charge in [-0.15, -0.1) is 0 Å². The van der Waals surface area contributed by atoms with Crippen molar-refractivity contribution in [3.8, 4) is 0 Å². The standard InChI is InChI=1S/C17H25N3O/c1-13(19-10-6-7-11-19)12-20-14(2)18-16(17(20)21)15-8-4-3-5-9-15/h3-5,8-9,13-14,16,18H,6-7,10-12H2,1-2H3. The summed E-state index contributed by atoms with van der Waals surface area (Å²) < 4.78 is 0. The van der Waals surface area contributed by atoms with E-state index in [1.807, 2.05) is 35.2 Å². The highest BCUT2D eigenvalue weighted by atomic mass is 16.2. The topological polar surface area (TPSA) is 35.6 Å². The Morgan fingerprint density at radius 1 is 1.24 bits per heavy atom. The molecular weight excluding hydrogens is 262 g/mol. The van der Waals surface area contributed by atoms with Crippen LogP contribution in [-0.4, -0.2) is 47.5 Å². The predicted molar refractivity (Wildman–Crippen MR) is 83.8 cm³/mol. The zero-order valence-corrected chi connectivity index (χ0v) is 13.0. The van der Waals surface area contributed by atoms with E-state index in [2.05, 4.69) is 24.1 Å². The molecule has 0 saturated carbocycles. The molecule has 1 aromatic rings. The van der Waals surface area contributed by atoms with Gasteiger partial charge in [-0.2, -0.15) is 0 Å². The Morgan fingerprint density at radius 2 is 1.90 bits per heavy atom. The Morgan fingerprint density at radius 3 is 2.57 bits per heavy atom. The zero-order chi connectivity index (χ0) is 14.8. The lowest BCUT2D eigenvalue weighted by atomic mass is 10.1. The van der Waals surface area contributed by atoms with E-state index in [0.717, 1.165) is 12.1 Å². The van der Waals surface area contributed by atoms with Gasteiger partial charge in [0, 0.05) is 12.6 Å². The number of hydrogen-bond donors (Lipinski definition) is 1.